The second-order valence-electron chi connectivity index (χ2n) is 6.34. The smallest absolute Gasteiger partial charge is 0.273 e. The van der Waals surface area contributed by atoms with Crippen LogP contribution in [0, 0.1) is 11.6 Å². The first-order chi connectivity index (χ1) is 13.2. The number of carbonyl (C=O) groups excluding carboxylic acids is 1. The fourth-order valence-electron chi connectivity index (χ4n) is 2.44. The molecule has 3 N–H and O–H groups in total. The number of ether oxygens (including phenoxy) is 1. The van der Waals surface area contributed by atoms with E-state index in [1.807, 2.05) is 13.8 Å². The highest BCUT2D eigenvalue weighted by atomic mass is 79.9. The van der Waals surface area contributed by atoms with Gasteiger partial charge in [0.15, 0.2) is 0 Å². The first-order valence-corrected chi connectivity index (χ1v) is 9.41. The zero-order chi connectivity index (χ0) is 20.8. The van der Waals surface area contributed by atoms with E-state index in [0.29, 0.717) is 13.0 Å². The van der Waals surface area contributed by atoms with Gasteiger partial charge in [0.05, 0.1) is 0 Å². The van der Waals surface area contributed by atoms with Gasteiger partial charge in [0.2, 0.25) is 17.7 Å². The SMILES string of the molecule is CC(C)n1c(NCCCC(N)=O)nc(OCc2ccc(F)cc2F)c(Br)c1=O. The van der Waals surface area contributed by atoms with Gasteiger partial charge in [-0.3, -0.25) is 14.2 Å². The second kappa shape index (κ2) is 9.63. The molecule has 0 radical (unpaired) electrons. The van der Waals surface area contributed by atoms with Crippen molar-refractivity contribution in [2.45, 2.75) is 39.3 Å². The second-order valence-corrected chi connectivity index (χ2v) is 7.14. The third-order valence-electron chi connectivity index (χ3n) is 3.81. The Morgan fingerprint density at radius 3 is 2.71 bits per heavy atom. The van der Waals surface area contributed by atoms with Crippen LogP contribution in [0.1, 0.15) is 38.3 Å². The maximum absolute atomic E-state index is 13.8. The predicted octanol–water partition coefficient (Wildman–Crippen LogP) is 3.12. The normalized spacial score (nSPS) is 10.9. The van der Waals surface area contributed by atoms with Crippen molar-refractivity contribution in [3.8, 4) is 5.88 Å². The summed E-state index contributed by atoms with van der Waals surface area (Å²) in [4.78, 5) is 27.8. The van der Waals surface area contributed by atoms with Gasteiger partial charge >= 0.3 is 0 Å². The molecule has 0 bridgehead atoms. The van der Waals surface area contributed by atoms with E-state index >= 15 is 0 Å². The molecule has 0 atom stereocenters. The maximum atomic E-state index is 13.8. The standard InChI is InChI=1S/C18H21BrF2N4O3/c1-10(2)25-17(27)15(19)16(24-18(25)23-7-3-4-14(22)26)28-9-11-5-6-12(20)8-13(11)21/h5-6,8,10H,3-4,7,9H2,1-2H3,(H2,22,26)(H,23,24). The molecule has 28 heavy (non-hydrogen) atoms. The van der Waals surface area contributed by atoms with E-state index in [1.54, 1.807) is 0 Å². The van der Waals surface area contributed by atoms with Gasteiger partial charge in [-0.05, 0) is 48.3 Å². The van der Waals surface area contributed by atoms with Crippen molar-refractivity contribution < 1.29 is 18.3 Å². The summed E-state index contributed by atoms with van der Waals surface area (Å²) in [6, 6.07) is 2.94. The molecule has 0 aliphatic heterocycles. The lowest BCUT2D eigenvalue weighted by atomic mass is 10.2. The predicted molar refractivity (Wildman–Crippen MR) is 104 cm³/mol. The molecule has 7 nitrogen and oxygen atoms in total. The summed E-state index contributed by atoms with van der Waals surface area (Å²) < 4.78 is 33.8. The Morgan fingerprint density at radius 2 is 2.11 bits per heavy atom. The van der Waals surface area contributed by atoms with E-state index in [-0.39, 0.29) is 46.5 Å². The first kappa shape index (κ1) is 21.8. The van der Waals surface area contributed by atoms with Crippen LogP contribution < -0.4 is 21.3 Å². The summed E-state index contributed by atoms with van der Waals surface area (Å²) in [7, 11) is 0. The van der Waals surface area contributed by atoms with Gasteiger partial charge in [-0.25, -0.2) is 8.78 Å². The zero-order valence-electron chi connectivity index (χ0n) is 15.5. The van der Waals surface area contributed by atoms with Crippen molar-refractivity contribution >= 4 is 27.8 Å². The Morgan fingerprint density at radius 1 is 1.39 bits per heavy atom. The van der Waals surface area contributed by atoms with E-state index < -0.39 is 17.5 Å². The van der Waals surface area contributed by atoms with Gasteiger partial charge in [0.1, 0.15) is 22.7 Å². The molecule has 10 heteroatoms. The molecule has 0 spiro atoms. The lowest BCUT2D eigenvalue weighted by Crippen LogP contribution is -2.28. The average Bonchev–Trinajstić information content (AvgIpc) is 2.61. The van der Waals surface area contributed by atoms with Gasteiger partial charge in [-0.15, -0.1) is 0 Å². The molecular formula is C18H21BrF2N4O3. The van der Waals surface area contributed by atoms with Gasteiger partial charge in [0, 0.05) is 30.6 Å². The Kier molecular flexibility index (Phi) is 7.50. The molecular weight excluding hydrogens is 438 g/mol. The topological polar surface area (TPSA) is 99.2 Å². The molecule has 2 rings (SSSR count). The molecule has 1 aromatic heterocycles. The van der Waals surface area contributed by atoms with Crippen LogP contribution in [0.4, 0.5) is 14.7 Å². The van der Waals surface area contributed by atoms with Crippen LogP contribution in [0.5, 0.6) is 5.88 Å². The van der Waals surface area contributed by atoms with Crippen molar-refractivity contribution in [3.05, 3.63) is 50.2 Å². The van der Waals surface area contributed by atoms with Crippen LogP contribution in [0.15, 0.2) is 27.5 Å². The zero-order valence-corrected chi connectivity index (χ0v) is 17.1. The van der Waals surface area contributed by atoms with Crippen molar-refractivity contribution in [2.75, 3.05) is 11.9 Å². The molecule has 2 aromatic rings. The molecule has 0 aliphatic carbocycles. The minimum absolute atomic E-state index is 0.0250. The Labute approximate surface area is 169 Å². The quantitative estimate of drug-likeness (QED) is 0.562. The van der Waals surface area contributed by atoms with Crippen molar-refractivity contribution in [2.24, 2.45) is 5.73 Å². The van der Waals surface area contributed by atoms with Crippen LogP contribution in [0.25, 0.3) is 0 Å². The van der Waals surface area contributed by atoms with Crippen LogP contribution in [0.2, 0.25) is 0 Å². The molecule has 1 heterocycles. The summed E-state index contributed by atoms with van der Waals surface area (Å²) in [5, 5.41) is 3.00. The lowest BCUT2D eigenvalue weighted by Gasteiger charge is -2.19. The number of halogens is 3. The molecule has 0 saturated heterocycles. The van der Waals surface area contributed by atoms with E-state index in [1.165, 1.54) is 10.6 Å². The van der Waals surface area contributed by atoms with E-state index in [4.69, 9.17) is 10.5 Å². The number of anilines is 1. The number of hydrogen-bond donors (Lipinski definition) is 2. The van der Waals surface area contributed by atoms with Gasteiger partial charge in [-0.2, -0.15) is 4.98 Å². The molecule has 0 fully saturated rings. The highest BCUT2D eigenvalue weighted by Crippen LogP contribution is 2.24. The van der Waals surface area contributed by atoms with Gasteiger partial charge in [-0.1, -0.05) is 0 Å². The number of amides is 1. The van der Waals surface area contributed by atoms with Gasteiger partial charge < -0.3 is 15.8 Å². The summed E-state index contributed by atoms with van der Waals surface area (Å²) in [6.45, 7) is 3.77. The highest BCUT2D eigenvalue weighted by Gasteiger charge is 2.18. The van der Waals surface area contributed by atoms with Crippen molar-refractivity contribution in [1.82, 2.24) is 9.55 Å². The minimum Gasteiger partial charge on any atom is -0.472 e. The number of hydrogen-bond acceptors (Lipinski definition) is 5. The third-order valence-corrected chi connectivity index (χ3v) is 4.49. The van der Waals surface area contributed by atoms with Crippen LogP contribution in [0.3, 0.4) is 0 Å². The molecule has 0 aliphatic rings. The molecule has 0 saturated carbocycles. The summed E-state index contributed by atoms with van der Waals surface area (Å²) in [6.07, 6.45) is 0.666. The van der Waals surface area contributed by atoms with Crippen molar-refractivity contribution in [3.63, 3.8) is 0 Å². The van der Waals surface area contributed by atoms with E-state index in [0.717, 1.165) is 12.1 Å². The summed E-state index contributed by atoms with van der Waals surface area (Å²) >= 11 is 3.17. The number of primary amides is 1. The van der Waals surface area contributed by atoms with Crippen LogP contribution in [-0.2, 0) is 11.4 Å². The number of nitrogens with two attached hydrogens (primary N) is 1. The summed E-state index contributed by atoms with van der Waals surface area (Å²) in [5.41, 5.74) is 4.86. The fourth-order valence-corrected chi connectivity index (χ4v) is 2.83. The Balaban J connectivity index is 2.25. The molecule has 1 amide bonds. The fraction of sp³-hybridized carbons (Fsp3) is 0.389. The lowest BCUT2D eigenvalue weighted by molar-refractivity contribution is -0.118. The van der Waals surface area contributed by atoms with Crippen LogP contribution in [-0.4, -0.2) is 22.0 Å². The monoisotopic (exact) mass is 458 g/mol. The largest absolute Gasteiger partial charge is 0.472 e. The van der Waals surface area contributed by atoms with E-state index in [9.17, 15) is 18.4 Å². The summed E-state index contributed by atoms with van der Waals surface area (Å²) in [5.74, 6) is -1.64. The third kappa shape index (κ3) is 5.51. The Hall–Kier alpha value is -2.49. The number of carbonyl (C=O) groups is 1. The number of rotatable bonds is 9. The Bertz CT molecular complexity index is 918. The number of aromatic nitrogens is 2. The first-order valence-electron chi connectivity index (χ1n) is 8.61. The molecule has 152 valence electrons. The number of nitrogens with one attached hydrogen (secondary N) is 1. The van der Waals surface area contributed by atoms with Gasteiger partial charge in [0.25, 0.3) is 5.56 Å². The molecule has 1 aromatic carbocycles. The maximum Gasteiger partial charge on any atom is 0.273 e. The minimum atomic E-state index is -0.753. The van der Waals surface area contributed by atoms with Crippen molar-refractivity contribution in [1.29, 1.82) is 0 Å². The number of benzene rings is 1. The van der Waals surface area contributed by atoms with Crippen LogP contribution >= 0.6 is 15.9 Å². The molecule has 0 unspecified atom stereocenters. The average molecular weight is 459 g/mol. The highest BCUT2D eigenvalue weighted by molar-refractivity contribution is 9.10. The van der Waals surface area contributed by atoms with E-state index in [2.05, 4.69) is 26.2 Å². The number of nitrogens with zero attached hydrogens (tertiary/aromatic N) is 2.